The SMILES string of the molecule is CC[C@H](C)[C@@H](NC(=O)COC(=O)CCCc1nc2ccccc2s1)C(=O)OC. The number of esters is 2. The van der Waals surface area contributed by atoms with Gasteiger partial charge in [0, 0.05) is 6.42 Å². The zero-order valence-electron chi connectivity index (χ0n) is 16.4. The molecule has 0 aliphatic rings. The number of amides is 1. The molecule has 7 nitrogen and oxygen atoms in total. The molecule has 1 amide bonds. The van der Waals surface area contributed by atoms with Crippen molar-refractivity contribution in [2.45, 2.75) is 45.6 Å². The number of para-hydroxylation sites is 1. The number of hydrogen-bond acceptors (Lipinski definition) is 7. The average molecular weight is 407 g/mol. The van der Waals surface area contributed by atoms with Gasteiger partial charge in [-0.05, 0) is 30.9 Å². The van der Waals surface area contributed by atoms with Crippen molar-refractivity contribution < 1.29 is 23.9 Å². The summed E-state index contributed by atoms with van der Waals surface area (Å²) in [6, 6.07) is 7.15. The number of rotatable bonds is 10. The third kappa shape index (κ3) is 6.30. The van der Waals surface area contributed by atoms with Crippen LogP contribution in [0.3, 0.4) is 0 Å². The van der Waals surface area contributed by atoms with Crippen LogP contribution in [0.15, 0.2) is 24.3 Å². The van der Waals surface area contributed by atoms with E-state index < -0.39 is 30.5 Å². The number of nitrogens with zero attached hydrogens (tertiary/aromatic N) is 1. The molecule has 0 bridgehead atoms. The molecule has 8 heteroatoms. The minimum Gasteiger partial charge on any atom is -0.467 e. The standard InChI is InChI=1S/C20H26N2O5S/c1-4-13(2)19(20(25)26-3)22-16(23)12-27-18(24)11-7-10-17-21-14-8-5-6-9-15(14)28-17/h5-6,8-9,13,19H,4,7,10-12H2,1-3H3,(H,22,23)/t13-,19+/m0/s1. The molecule has 1 N–H and O–H groups in total. The number of thiazole rings is 1. The number of methoxy groups -OCH3 is 1. The Labute approximate surface area is 168 Å². The molecule has 2 rings (SSSR count). The molecule has 0 saturated heterocycles. The van der Waals surface area contributed by atoms with Crippen molar-refractivity contribution in [3.8, 4) is 0 Å². The fraction of sp³-hybridized carbons (Fsp3) is 0.500. The first kappa shape index (κ1) is 21.8. The molecular weight excluding hydrogens is 380 g/mol. The van der Waals surface area contributed by atoms with Crippen molar-refractivity contribution >= 4 is 39.4 Å². The van der Waals surface area contributed by atoms with Gasteiger partial charge in [-0.3, -0.25) is 9.59 Å². The highest BCUT2D eigenvalue weighted by Crippen LogP contribution is 2.22. The topological polar surface area (TPSA) is 94.6 Å². The minimum atomic E-state index is -0.750. The minimum absolute atomic E-state index is 0.0825. The Morgan fingerprint density at radius 3 is 2.68 bits per heavy atom. The average Bonchev–Trinajstić information content (AvgIpc) is 3.12. The van der Waals surface area contributed by atoms with E-state index >= 15 is 0 Å². The number of hydrogen-bond donors (Lipinski definition) is 1. The van der Waals surface area contributed by atoms with Crippen molar-refractivity contribution in [1.82, 2.24) is 10.3 Å². The molecule has 0 radical (unpaired) electrons. The number of carbonyl (C=O) groups is 3. The molecule has 0 saturated carbocycles. The Morgan fingerprint density at radius 2 is 2.00 bits per heavy atom. The summed E-state index contributed by atoms with van der Waals surface area (Å²) in [4.78, 5) is 40.2. The second-order valence-electron chi connectivity index (χ2n) is 6.54. The zero-order valence-corrected chi connectivity index (χ0v) is 17.2. The Kier molecular flexibility index (Phi) is 8.38. The van der Waals surface area contributed by atoms with Gasteiger partial charge < -0.3 is 14.8 Å². The van der Waals surface area contributed by atoms with E-state index in [0.29, 0.717) is 19.3 Å². The van der Waals surface area contributed by atoms with E-state index in [-0.39, 0.29) is 12.3 Å². The molecule has 1 aromatic carbocycles. The second kappa shape index (κ2) is 10.8. The number of ether oxygens (including phenoxy) is 2. The molecule has 152 valence electrons. The summed E-state index contributed by atoms with van der Waals surface area (Å²) in [5, 5.41) is 3.54. The predicted octanol–water partition coefficient (Wildman–Crippen LogP) is 2.87. The van der Waals surface area contributed by atoms with Gasteiger partial charge >= 0.3 is 11.9 Å². The molecule has 0 aliphatic heterocycles. The van der Waals surface area contributed by atoms with Gasteiger partial charge in [-0.15, -0.1) is 11.3 Å². The number of aromatic nitrogens is 1. The van der Waals surface area contributed by atoms with Crippen LogP contribution >= 0.6 is 11.3 Å². The summed E-state index contributed by atoms with van der Waals surface area (Å²) in [6.07, 6.45) is 2.18. The van der Waals surface area contributed by atoms with Gasteiger partial charge in [0.25, 0.3) is 5.91 Å². The smallest absolute Gasteiger partial charge is 0.328 e. The Balaban J connectivity index is 1.72. The van der Waals surface area contributed by atoms with E-state index in [4.69, 9.17) is 9.47 Å². The van der Waals surface area contributed by atoms with Crippen molar-refractivity contribution in [3.63, 3.8) is 0 Å². The third-order valence-corrected chi connectivity index (χ3v) is 5.55. The predicted molar refractivity (Wildman–Crippen MR) is 107 cm³/mol. The lowest BCUT2D eigenvalue weighted by Gasteiger charge is -2.21. The molecule has 2 aromatic rings. The lowest BCUT2D eigenvalue weighted by Crippen LogP contribution is -2.47. The number of benzene rings is 1. The van der Waals surface area contributed by atoms with Gasteiger partial charge in [0.1, 0.15) is 6.04 Å². The Bertz CT molecular complexity index is 787. The summed E-state index contributed by atoms with van der Waals surface area (Å²) in [6.45, 7) is 3.35. The van der Waals surface area contributed by atoms with E-state index in [1.165, 1.54) is 7.11 Å². The molecule has 2 atom stereocenters. The van der Waals surface area contributed by atoms with Crippen LogP contribution in [0.4, 0.5) is 0 Å². The van der Waals surface area contributed by atoms with Crippen molar-refractivity contribution in [3.05, 3.63) is 29.3 Å². The summed E-state index contributed by atoms with van der Waals surface area (Å²) < 4.78 is 10.8. The number of carbonyl (C=O) groups excluding carboxylic acids is 3. The van der Waals surface area contributed by atoms with E-state index in [9.17, 15) is 14.4 Å². The van der Waals surface area contributed by atoms with Crippen LogP contribution < -0.4 is 5.32 Å². The molecule has 0 unspecified atom stereocenters. The Hall–Kier alpha value is -2.48. The van der Waals surface area contributed by atoms with Gasteiger partial charge in [0.2, 0.25) is 0 Å². The maximum absolute atomic E-state index is 12.0. The maximum atomic E-state index is 12.0. The summed E-state index contributed by atoms with van der Waals surface area (Å²) >= 11 is 1.61. The molecule has 0 aliphatic carbocycles. The molecular formula is C20H26N2O5S. The first-order valence-corrected chi connectivity index (χ1v) is 10.1. The zero-order chi connectivity index (χ0) is 20.5. The molecule has 1 aromatic heterocycles. The van der Waals surface area contributed by atoms with Gasteiger partial charge in [0.05, 0.1) is 22.3 Å². The monoisotopic (exact) mass is 406 g/mol. The van der Waals surface area contributed by atoms with Crippen LogP contribution in [0.2, 0.25) is 0 Å². The highest BCUT2D eigenvalue weighted by molar-refractivity contribution is 7.18. The largest absolute Gasteiger partial charge is 0.467 e. The summed E-state index contributed by atoms with van der Waals surface area (Å²) in [7, 11) is 1.27. The van der Waals surface area contributed by atoms with E-state index in [1.807, 2.05) is 38.1 Å². The molecule has 0 fully saturated rings. The Morgan fingerprint density at radius 1 is 1.25 bits per heavy atom. The van der Waals surface area contributed by atoms with Crippen molar-refractivity contribution in [2.75, 3.05) is 13.7 Å². The fourth-order valence-electron chi connectivity index (χ4n) is 2.64. The number of aryl methyl sites for hydroxylation is 1. The lowest BCUT2D eigenvalue weighted by atomic mass is 9.99. The van der Waals surface area contributed by atoms with Crippen LogP contribution in [0.1, 0.15) is 38.1 Å². The molecule has 28 heavy (non-hydrogen) atoms. The van der Waals surface area contributed by atoms with Gasteiger partial charge in [-0.1, -0.05) is 32.4 Å². The van der Waals surface area contributed by atoms with Crippen LogP contribution in [0.5, 0.6) is 0 Å². The third-order valence-electron chi connectivity index (χ3n) is 4.46. The van der Waals surface area contributed by atoms with Gasteiger partial charge in [-0.2, -0.15) is 0 Å². The van der Waals surface area contributed by atoms with E-state index in [0.717, 1.165) is 15.2 Å². The second-order valence-corrected chi connectivity index (χ2v) is 7.66. The van der Waals surface area contributed by atoms with Crippen LogP contribution in [-0.4, -0.2) is 42.6 Å². The van der Waals surface area contributed by atoms with Crippen molar-refractivity contribution in [1.29, 1.82) is 0 Å². The molecule has 0 spiro atoms. The van der Waals surface area contributed by atoms with Gasteiger partial charge in [-0.25, -0.2) is 9.78 Å². The fourth-order valence-corrected chi connectivity index (χ4v) is 3.65. The maximum Gasteiger partial charge on any atom is 0.328 e. The van der Waals surface area contributed by atoms with Crippen molar-refractivity contribution in [2.24, 2.45) is 5.92 Å². The van der Waals surface area contributed by atoms with Crippen LogP contribution in [0.25, 0.3) is 10.2 Å². The normalized spacial score (nSPS) is 13.0. The van der Waals surface area contributed by atoms with Crippen LogP contribution in [0, 0.1) is 5.92 Å². The van der Waals surface area contributed by atoms with Crippen LogP contribution in [-0.2, 0) is 30.3 Å². The van der Waals surface area contributed by atoms with E-state index in [2.05, 4.69) is 10.3 Å². The molecule has 1 heterocycles. The highest BCUT2D eigenvalue weighted by Gasteiger charge is 2.26. The lowest BCUT2D eigenvalue weighted by molar-refractivity contribution is -0.151. The number of nitrogens with one attached hydrogen (secondary N) is 1. The number of fused-ring (bicyclic) bond motifs is 1. The first-order valence-electron chi connectivity index (χ1n) is 9.31. The van der Waals surface area contributed by atoms with Gasteiger partial charge in [0.15, 0.2) is 6.61 Å². The first-order chi connectivity index (χ1) is 13.4. The summed E-state index contributed by atoms with van der Waals surface area (Å²) in [5.41, 5.74) is 0.961. The summed E-state index contributed by atoms with van der Waals surface area (Å²) in [5.74, 6) is -1.56. The highest BCUT2D eigenvalue weighted by atomic mass is 32.1. The van der Waals surface area contributed by atoms with E-state index in [1.54, 1.807) is 11.3 Å². The quantitative estimate of drug-likeness (QED) is 0.610.